The standard InChI is InChI=1S/C24H23N3O3.C2HF3O2/c1-2-6-17(7-3-1)15-29-20-12-18(23-26-22-9-4-10-25-24(22)27-23)13-21(14-20)30-16-19-8-5-11-28-19;3-2(4,5)1(6)7/h1-4,6-7,9-10,12-14,19H,5,8,11,15-16H2,(H,25,26,27);(H,6,7). The summed E-state index contributed by atoms with van der Waals surface area (Å²) >= 11 is 0. The molecule has 1 aliphatic heterocycles. The number of carbonyl (C=O) groups is 1. The number of hydrogen-bond donors (Lipinski definition) is 2. The molecule has 0 aliphatic carbocycles. The lowest BCUT2D eigenvalue weighted by atomic mass is 10.2. The average molecular weight is 515 g/mol. The fourth-order valence-corrected chi connectivity index (χ4v) is 3.56. The minimum atomic E-state index is -5.08. The fourth-order valence-electron chi connectivity index (χ4n) is 3.56. The number of aromatic amines is 1. The quantitative estimate of drug-likeness (QED) is 0.340. The molecule has 37 heavy (non-hydrogen) atoms. The molecule has 0 saturated carbocycles. The number of aliphatic carboxylic acids is 1. The molecule has 0 spiro atoms. The molecule has 8 nitrogen and oxygen atoms in total. The van der Waals surface area contributed by atoms with Crippen LogP contribution >= 0.6 is 0 Å². The van der Waals surface area contributed by atoms with Crippen molar-refractivity contribution in [2.45, 2.75) is 31.7 Å². The zero-order chi connectivity index (χ0) is 26.3. The summed E-state index contributed by atoms with van der Waals surface area (Å²) in [5.74, 6) is -0.560. The number of alkyl halides is 3. The van der Waals surface area contributed by atoms with E-state index in [9.17, 15) is 13.2 Å². The summed E-state index contributed by atoms with van der Waals surface area (Å²) in [7, 11) is 0. The first-order valence-corrected chi connectivity index (χ1v) is 11.5. The van der Waals surface area contributed by atoms with Crippen LogP contribution in [-0.4, -0.2) is 51.5 Å². The molecule has 1 saturated heterocycles. The Hall–Kier alpha value is -4.12. The van der Waals surface area contributed by atoms with Crippen molar-refractivity contribution in [3.63, 3.8) is 0 Å². The van der Waals surface area contributed by atoms with Crippen LogP contribution in [0.25, 0.3) is 22.6 Å². The van der Waals surface area contributed by atoms with Gasteiger partial charge in [0.05, 0.1) is 6.10 Å². The largest absolute Gasteiger partial charge is 0.491 e. The Morgan fingerprint density at radius 1 is 1.08 bits per heavy atom. The monoisotopic (exact) mass is 515 g/mol. The summed E-state index contributed by atoms with van der Waals surface area (Å²) in [5, 5.41) is 7.12. The number of hydrogen-bond acceptors (Lipinski definition) is 6. The molecular formula is C26H24F3N3O5. The summed E-state index contributed by atoms with van der Waals surface area (Å²) in [6.07, 6.45) is -1.06. The molecule has 0 bridgehead atoms. The van der Waals surface area contributed by atoms with Crippen LogP contribution in [0.1, 0.15) is 18.4 Å². The smallest absolute Gasteiger partial charge is 0.490 e. The van der Waals surface area contributed by atoms with Gasteiger partial charge in [-0.25, -0.2) is 14.8 Å². The minimum absolute atomic E-state index is 0.151. The minimum Gasteiger partial charge on any atom is -0.491 e. The number of fused-ring (bicyclic) bond motifs is 1. The molecule has 2 aromatic carbocycles. The van der Waals surface area contributed by atoms with Gasteiger partial charge in [-0.15, -0.1) is 0 Å². The van der Waals surface area contributed by atoms with Crippen LogP contribution in [0, 0.1) is 0 Å². The van der Waals surface area contributed by atoms with Crippen molar-refractivity contribution in [2.24, 2.45) is 0 Å². The number of carboxylic acid groups (broad SMARTS) is 1. The molecule has 11 heteroatoms. The van der Waals surface area contributed by atoms with E-state index >= 15 is 0 Å². The fraction of sp³-hybridized carbons (Fsp3) is 0.269. The molecule has 0 amide bonds. The normalized spacial score (nSPS) is 15.2. The van der Waals surface area contributed by atoms with Crippen molar-refractivity contribution >= 4 is 17.1 Å². The number of pyridine rings is 1. The third kappa shape index (κ3) is 7.43. The first kappa shape index (κ1) is 26.0. The van der Waals surface area contributed by atoms with Crippen molar-refractivity contribution in [1.29, 1.82) is 0 Å². The highest BCUT2D eigenvalue weighted by atomic mass is 19.4. The van der Waals surface area contributed by atoms with Gasteiger partial charge >= 0.3 is 12.1 Å². The number of carboxylic acids is 1. The van der Waals surface area contributed by atoms with Gasteiger partial charge in [0.1, 0.15) is 36.1 Å². The maximum absolute atomic E-state index is 10.6. The topological polar surface area (TPSA) is 107 Å². The van der Waals surface area contributed by atoms with E-state index in [-0.39, 0.29) is 6.10 Å². The molecule has 2 aromatic heterocycles. The van der Waals surface area contributed by atoms with Crippen LogP contribution in [0.4, 0.5) is 13.2 Å². The van der Waals surface area contributed by atoms with Crippen LogP contribution in [0.5, 0.6) is 11.5 Å². The maximum Gasteiger partial charge on any atom is 0.490 e. The zero-order valence-electron chi connectivity index (χ0n) is 19.6. The zero-order valence-corrected chi connectivity index (χ0v) is 19.6. The SMILES string of the molecule is O=C(O)C(F)(F)F.c1ccc(COc2cc(OCC3CCCO3)cc(-c3nc4cccnc4[nH]3)c2)cc1. The second-order valence-electron chi connectivity index (χ2n) is 8.17. The van der Waals surface area contributed by atoms with Crippen molar-refractivity contribution in [3.8, 4) is 22.9 Å². The summed E-state index contributed by atoms with van der Waals surface area (Å²) in [6.45, 7) is 1.83. The molecule has 5 rings (SSSR count). The van der Waals surface area contributed by atoms with Crippen molar-refractivity contribution in [2.75, 3.05) is 13.2 Å². The van der Waals surface area contributed by atoms with E-state index in [1.165, 1.54) is 0 Å². The molecule has 2 N–H and O–H groups in total. The summed E-state index contributed by atoms with van der Waals surface area (Å²) in [4.78, 5) is 21.2. The van der Waals surface area contributed by atoms with E-state index in [0.29, 0.717) is 13.2 Å². The molecule has 1 aliphatic rings. The van der Waals surface area contributed by atoms with E-state index in [1.807, 2.05) is 60.7 Å². The molecular weight excluding hydrogens is 491 g/mol. The highest BCUT2D eigenvalue weighted by Crippen LogP contribution is 2.30. The molecule has 1 atom stereocenters. The van der Waals surface area contributed by atoms with E-state index in [1.54, 1.807) is 6.20 Å². The summed E-state index contributed by atoms with van der Waals surface area (Å²) in [5.41, 5.74) is 3.58. The highest BCUT2D eigenvalue weighted by molar-refractivity contribution is 5.76. The van der Waals surface area contributed by atoms with Crippen molar-refractivity contribution in [1.82, 2.24) is 15.0 Å². The van der Waals surface area contributed by atoms with Gasteiger partial charge in [-0.3, -0.25) is 0 Å². The van der Waals surface area contributed by atoms with E-state index in [0.717, 1.165) is 59.1 Å². The lowest BCUT2D eigenvalue weighted by molar-refractivity contribution is -0.192. The maximum atomic E-state index is 10.6. The number of nitrogens with zero attached hydrogens (tertiary/aromatic N) is 2. The predicted octanol–water partition coefficient (Wildman–Crippen LogP) is 5.40. The molecule has 1 fully saturated rings. The van der Waals surface area contributed by atoms with E-state index in [4.69, 9.17) is 24.1 Å². The Morgan fingerprint density at radius 2 is 1.81 bits per heavy atom. The molecule has 3 heterocycles. The number of ether oxygens (including phenoxy) is 3. The first-order valence-electron chi connectivity index (χ1n) is 11.5. The number of H-pyrrole nitrogens is 1. The predicted molar refractivity (Wildman–Crippen MR) is 128 cm³/mol. The third-order valence-corrected chi connectivity index (χ3v) is 5.36. The van der Waals surface area contributed by atoms with Crippen LogP contribution < -0.4 is 9.47 Å². The van der Waals surface area contributed by atoms with Crippen LogP contribution in [0.2, 0.25) is 0 Å². The van der Waals surface area contributed by atoms with Crippen LogP contribution in [0.3, 0.4) is 0 Å². The summed E-state index contributed by atoms with van der Waals surface area (Å²) < 4.78 is 49.5. The number of halogens is 3. The first-order chi connectivity index (χ1) is 17.8. The average Bonchev–Trinajstić information content (AvgIpc) is 3.57. The number of benzene rings is 2. The second kappa shape index (κ2) is 11.7. The van der Waals surface area contributed by atoms with Gasteiger partial charge in [-0.05, 0) is 42.7 Å². The molecule has 4 aromatic rings. The van der Waals surface area contributed by atoms with Crippen LogP contribution in [0.15, 0.2) is 66.9 Å². The molecule has 1 unspecified atom stereocenters. The lowest BCUT2D eigenvalue weighted by Gasteiger charge is -2.14. The Labute approximate surface area is 210 Å². The second-order valence-corrected chi connectivity index (χ2v) is 8.17. The number of aromatic nitrogens is 3. The van der Waals surface area contributed by atoms with E-state index < -0.39 is 12.1 Å². The van der Waals surface area contributed by atoms with Gasteiger partial charge in [0.15, 0.2) is 5.65 Å². The van der Waals surface area contributed by atoms with Crippen molar-refractivity contribution in [3.05, 3.63) is 72.4 Å². The van der Waals surface area contributed by atoms with Gasteiger partial charge in [-0.2, -0.15) is 13.2 Å². The summed E-state index contributed by atoms with van der Waals surface area (Å²) in [6, 6.07) is 19.8. The highest BCUT2D eigenvalue weighted by Gasteiger charge is 2.38. The van der Waals surface area contributed by atoms with Gasteiger partial charge in [-0.1, -0.05) is 30.3 Å². The third-order valence-electron chi connectivity index (χ3n) is 5.36. The number of imidazole rings is 1. The van der Waals surface area contributed by atoms with Gasteiger partial charge in [0.25, 0.3) is 0 Å². The molecule has 0 radical (unpaired) electrons. The Morgan fingerprint density at radius 3 is 2.46 bits per heavy atom. The number of nitrogens with one attached hydrogen (secondary N) is 1. The van der Waals surface area contributed by atoms with Gasteiger partial charge in [0, 0.05) is 24.4 Å². The molecule has 194 valence electrons. The van der Waals surface area contributed by atoms with Gasteiger partial charge < -0.3 is 24.3 Å². The van der Waals surface area contributed by atoms with E-state index in [2.05, 4.69) is 15.0 Å². The lowest BCUT2D eigenvalue weighted by Crippen LogP contribution is -2.21. The Kier molecular flexibility index (Phi) is 8.24. The van der Waals surface area contributed by atoms with Gasteiger partial charge in [0.2, 0.25) is 0 Å². The Balaban J connectivity index is 0.000000405. The van der Waals surface area contributed by atoms with Crippen molar-refractivity contribution < 1.29 is 37.3 Å². The van der Waals surface area contributed by atoms with Crippen LogP contribution in [-0.2, 0) is 16.1 Å². The number of rotatable bonds is 7. The Bertz CT molecular complexity index is 1290.